The predicted molar refractivity (Wildman–Crippen MR) is 96.6 cm³/mol. The molecule has 8 heteroatoms. The summed E-state index contributed by atoms with van der Waals surface area (Å²) >= 11 is 0. The highest BCUT2D eigenvalue weighted by molar-refractivity contribution is 5.93. The zero-order valence-corrected chi connectivity index (χ0v) is 15.1. The van der Waals surface area contributed by atoms with Crippen molar-refractivity contribution in [1.29, 1.82) is 0 Å². The predicted octanol–water partition coefficient (Wildman–Crippen LogP) is 1.42. The molecule has 0 bridgehead atoms. The number of hydrogen-bond donors (Lipinski definition) is 1. The molecule has 1 spiro atoms. The molecule has 1 N–H and O–H groups in total. The number of methoxy groups -OCH3 is 1. The van der Waals surface area contributed by atoms with Crippen LogP contribution in [0.2, 0.25) is 0 Å². The fourth-order valence-corrected chi connectivity index (χ4v) is 3.49. The second kappa shape index (κ2) is 7.13. The summed E-state index contributed by atoms with van der Waals surface area (Å²) < 4.78 is 16.5. The van der Waals surface area contributed by atoms with E-state index in [9.17, 15) is 9.59 Å². The van der Waals surface area contributed by atoms with Gasteiger partial charge in [0.1, 0.15) is 11.4 Å². The molecule has 0 aliphatic carbocycles. The Labute approximate surface area is 156 Å². The lowest BCUT2D eigenvalue weighted by Gasteiger charge is -2.37. The molecule has 0 radical (unpaired) electrons. The summed E-state index contributed by atoms with van der Waals surface area (Å²) in [5.41, 5.74) is 0.856. The topological polar surface area (TPSA) is 93.8 Å². The molecule has 142 valence electrons. The molecule has 2 aromatic rings. The van der Waals surface area contributed by atoms with Crippen molar-refractivity contribution in [2.45, 2.75) is 18.6 Å². The van der Waals surface area contributed by atoms with Gasteiger partial charge in [-0.2, -0.15) is 4.98 Å². The smallest absolute Gasteiger partial charge is 0.346 e. The highest BCUT2D eigenvalue weighted by atomic mass is 16.7. The molecule has 8 nitrogen and oxygen atoms in total. The molecule has 1 aromatic carbocycles. The van der Waals surface area contributed by atoms with Crippen molar-refractivity contribution in [2.24, 2.45) is 0 Å². The van der Waals surface area contributed by atoms with Gasteiger partial charge in [0.15, 0.2) is 5.79 Å². The van der Waals surface area contributed by atoms with Crippen molar-refractivity contribution in [3.05, 3.63) is 46.5 Å². The van der Waals surface area contributed by atoms with Crippen LogP contribution in [0.25, 0.3) is 11.3 Å². The average Bonchev–Trinajstić information content (AvgIpc) is 3.15. The van der Waals surface area contributed by atoms with E-state index in [1.54, 1.807) is 42.3 Å². The summed E-state index contributed by atoms with van der Waals surface area (Å²) in [7, 11) is 1.58. The van der Waals surface area contributed by atoms with Gasteiger partial charge in [0.05, 0.1) is 26.0 Å². The molecule has 0 atom stereocenters. The first kappa shape index (κ1) is 17.7. The zero-order valence-electron chi connectivity index (χ0n) is 15.1. The molecule has 1 amide bonds. The molecule has 4 rings (SSSR count). The van der Waals surface area contributed by atoms with Crippen molar-refractivity contribution < 1.29 is 19.0 Å². The van der Waals surface area contributed by atoms with Gasteiger partial charge in [0.2, 0.25) is 0 Å². The van der Waals surface area contributed by atoms with Gasteiger partial charge in [0.25, 0.3) is 5.91 Å². The van der Waals surface area contributed by atoms with E-state index in [0.29, 0.717) is 50.6 Å². The Morgan fingerprint density at radius 2 is 1.85 bits per heavy atom. The summed E-state index contributed by atoms with van der Waals surface area (Å²) in [5, 5.41) is 0. The molecule has 2 aliphatic heterocycles. The summed E-state index contributed by atoms with van der Waals surface area (Å²) in [6.45, 7) is 2.22. The molecule has 2 fully saturated rings. The van der Waals surface area contributed by atoms with Crippen molar-refractivity contribution in [2.75, 3.05) is 33.4 Å². The van der Waals surface area contributed by atoms with Crippen LogP contribution < -0.4 is 10.4 Å². The number of nitrogens with zero attached hydrogens (tertiary/aromatic N) is 2. The summed E-state index contributed by atoms with van der Waals surface area (Å²) in [6, 6.07) is 8.78. The number of carbonyl (C=O) groups excluding carboxylic acids is 1. The standard InChI is InChI=1S/C19H21N3O5/c1-25-14-4-2-13(3-5-14)15-12-16(21-18(24)20-15)17(23)22-8-6-19(7-9-22)26-10-11-27-19/h2-5,12H,6-11H2,1H3,(H,20,21,24). The lowest BCUT2D eigenvalue weighted by molar-refractivity contribution is -0.181. The minimum Gasteiger partial charge on any atom is -0.497 e. The van der Waals surface area contributed by atoms with Gasteiger partial charge in [-0.25, -0.2) is 4.79 Å². The Morgan fingerprint density at radius 1 is 1.19 bits per heavy atom. The first-order valence-electron chi connectivity index (χ1n) is 8.92. The molecule has 1 aromatic heterocycles. The van der Waals surface area contributed by atoms with Crippen LogP contribution in [0.4, 0.5) is 0 Å². The molecule has 3 heterocycles. The van der Waals surface area contributed by atoms with Gasteiger partial charge in [0, 0.05) is 31.5 Å². The maximum absolute atomic E-state index is 12.9. The Morgan fingerprint density at radius 3 is 2.48 bits per heavy atom. The number of likely N-dealkylation sites (tertiary alicyclic amines) is 1. The first-order valence-corrected chi connectivity index (χ1v) is 8.92. The molecule has 2 aliphatic rings. The number of hydrogen-bond acceptors (Lipinski definition) is 6. The second-order valence-electron chi connectivity index (χ2n) is 6.61. The lowest BCUT2D eigenvalue weighted by atomic mass is 10.0. The van der Waals surface area contributed by atoms with E-state index in [4.69, 9.17) is 14.2 Å². The summed E-state index contributed by atoms with van der Waals surface area (Å²) in [6.07, 6.45) is 1.25. The number of benzene rings is 1. The highest BCUT2D eigenvalue weighted by Crippen LogP contribution is 2.31. The highest BCUT2D eigenvalue weighted by Gasteiger charge is 2.41. The third-order valence-electron chi connectivity index (χ3n) is 4.99. The van der Waals surface area contributed by atoms with Crippen molar-refractivity contribution in [1.82, 2.24) is 14.9 Å². The van der Waals surface area contributed by atoms with E-state index in [1.165, 1.54) is 0 Å². The number of H-pyrrole nitrogens is 1. The monoisotopic (exact) mass is 371 g/mol. The maximum Gasteiger partial charge on any atom is 0.346 e. The van der Waals surface area contributed by atoms with Crippen LogP contribution in [-0.2, 0) is 9.47 Å². The van der Waals surface area contributed by atoms with Gasteiger partial charge in [-0.1, -0.05) is 0 Å². The van der Waals surface area contributed by atoms with Crippen molar-refractivity contribution in [3.8, 4) is 17.0 Å². The quantitative estimate of drug-likeness (QED) is 0.877. The Hall–Kier alpha value is -2.71. The molecular weight excluding hydrogens is 350 g/mol. The maximum atomic E-state index is 12.9. The molecular formula is C19H21N3O5. The lowest BCUT2D eigenvalue weighted by Crippen LogP contribution is -2.47. The van der Waals surface area contributed by atoms with Crippen LogP contribution in [0.15, 0.2) is 35.1 Å². The SMILES string of the molecule is COc1ccc(-c2cc(C(=O)N3CCC4(CC3)OCCO4)[nH]c(=O)n2)cc1. The van der Waals surface area contributed by atoms with E-state index < -0.39 is 11.5 Å². The average molecular weight is 371 g/mol. The van der Waals surface area contributed by atoms with Crippen LogP contribution in [0.1, 0.15) is 23.3 Å². The van der Waals surface area contributed by atoms with Crippen LogP contribution in [-0.4, -0.2) is 60.0 Å². The van der Waals surface area contributed by atoms with Crippen LogP contribution in [0, 0.1) is 0 Å². The molecule has 0 saturated carbocycles. The Bertz CT molecular complexity index is 877. The van der Waals surface area contributed by atoms with Crippen LogP contribution in [0.5, 0.6) is 5.75 Å². The van der Waals surface area contributed by atoms with Crippen LogP contribution in [0.3, 0.4) is 0 Å². The van der Waals surface area contributed by atoms with Gasteiger partial charge in [-0.05, 0) is 30.3 Å². The number of aromatic amines is 1. The fourth-order valence-electron chi connectivity index (χ4n) is 3.49. The summed E-state index contributed by atoms with van der Waals surface area (Å²) in [4.78, 5) is 33.1. The number of ether oxygens (including phenoxy) is 3. The number of carbonyl (C=O) groups is 1. The van der Waals surface area contributed by atoms with Crippen molar-refractivity contribution in [3.63, 3.8) is 0 Å². The third-order valence-corrected chi connectivity index (χ3v) is 4.99. The van der Waals surface area contributed by atoms with E-state index >= 15 is 0 Å². The number of rotatable bonds is 3. The van der Waals surface area contributed by atoms with E-state index in [0.717, 1.165) is 5.56 Å². The Balaban J connectivity index is 1.54. The Kier molecular flexibility index (Phi) is 4.67. The second-order valence-corrected chi connectivity index (χ2v) is 6.61. The number of aromatic nitrogens is 2. The van der Waals surface area contributed by atoms with E-state index in [-0.39, 0.29) is 11.6 Å². The summed E-state index contributed by atoms with van der Waals surface area (Å²) in [5.74, 6) is -0.0629. The minimum atomic E-state index is -0.553. The third kappa shape index (κ3) is 3.58. The van der Waals surface area contributed by atoms with E-state index in [2.05, 4.69) is 9.97 Å². The number of amides is 1. The van der Waals surface area contributed by atoms with E-state index in [1.807, 2.05) is 0 Å². The first-order chi connectivity index (χ1) is 13.1. The molecule has 0 unspecified atom stereocenters. The van der Waals surface area contributed by atoms with Gasteiger partial charge >= 0.3 is 5.69 Å². The van der Waals surface area contributed by atoms with Gasteiger partial charge in [-0.15, -0.1) is 0 Å². The number of piperidine rings is 1. The zero-order chi connectivity index (χ0) is 18.9. The molecule has 27 heavy (non-hydrogen) atoms. The van der Waals surface area contributed by atoms with Crippen LogP contribution >= 0.6 is 0 Å². The van der Waals surface area contributed by atoms with Gasteiger partial charge < -0.3 is 24.1 Å². The van der Waals surface area contributed by atoms with Gasteiger partial charge in [-0.3, -0.25) is 4.79 Å². The largest absolute Gasteiger partial charge is 0.497 e. The fraction of sp³-hybridized carbons (Fsp3) is 0.421. The minimum absolute atomic E-state index is 0.225. The number of nitrogens with one attached hydrogen (secondary N) is 1. The van der Waals surface area contributed by atoms with Crippen molar-refractivity contribution >= 4 is 5.91 Å². The molecule has 2 saturated heterocycles. The normalized spacial score (nSPS) is 18.6.